The molecule has 0 spiro atoms. The highest BCUT2D eigenvalue weighted by atomic mass is 35.5. The van der Waals surface area contributed by atoms with Crippen LogP contribution in [0, 0.1) is 6.92 Å². The van der Waals surface area contributed by atoms with E-state index in [2.05, 4.69) is 9.98 Å². The third kappa shape index (κ3) is 5.34. The Morgan fingerprint density at radius 2 is 1.84 bits per heavy atom. The molecule has 0 bridgehead atoms. The standard InChI is InChI=1S/C24H20ClN3O2S/c1-16-4-3-5-22(26-16)27-24-28(2)23(29)21(31-24)14-17-8-12-20(13-9-17)30-15-18-6-10-19(25)11-7-18/h3-14H,15H2,1-2H3/b21-14-,27-24+. The molecule has 1 aliphatic rings. The van der Waals surface area contributed by atoms with E-state index in [1.54, 1.807) is 11.9 Å². The van der Waals surface area contributed by atoms with E-state index in [0.717, 1.165) is 22.6 Å². The lowest BCUT2D eigenvalue weighted by Gasteiger charge is -2.07. The molecule has 0 radical (unpaired) electrons. The van der Waals surface area contributed by atoms with Crippen LogP contribution in [0.2, 0.25) is 5.02 Å². The Morgan fingerprint density at radius 1 is 1.10 bits per heavy atom. The number of thioether (sulfide) groups is 1. The van der Waals surface area contributed by atoms with Crippen molar-refractivity contribution in [1.29, 1.82) is 0 Å². The van der Waals surface area contributed by atoms with E-state index in [0.29, 0.717) is 27.5 Å². The molecule has 156 valence electrons. The fraction of sp³-hybridized carbons (Fsp3) is 0.125. The maximum absolute atomic E-state index is 12.6. The maximum Gasteiger partial charge on any atom is 0.266 e. The molecule has 2 aromatic carbocycles. The largest absolute Gasteiger partial charge is 0.489 e. The summed E-state index contributed by atoms with van der Waals surface area (Å²) in [5.74, 6) is 1.26. The number of halogens is 1. The summed E-state index contributed by atoms with van der Waals surface area (Å²) in [5.41, 5.74) is 2.84. The third-order valence-electron chi connectivity index (χ3n) is 4.58. The van der Waals surface area contributed by atoms with E-state index in [-0.39, 0.29) is 5.91 Å². The number of likely N-dealkylation sites (N-methyl/N-ethyl adjacent to an activating group) is 1. The first-order valence-electron chi connectivity index (χ1n) is 9.65. The highest BCUT2D eigenvalue weighted by molar-refractivity contribution is 8.18. The lowest BCUT2D eigenvalue weighted by Crippen LogP contribution is -2.23. The minimum atomic E-state index is -0.0838. The van der Waals surface area contributed by atoms with Crippen LogP contribution in [0.3, 0.4) is 0 Å². The summed E-state index contributed by atoms with van der Waals surface area (Å²) in [7, 11) is 1.72. The van der Waals surface area contributed by atoms with Gasteiger partial charge in [-0.3, -0.25) is 9.69 Å². The molecule has 0 saturated carbocycles. The van der Waals surface area contributed by atoms with Crippen LogP contribution in [0.4, 0.5) is 5.82 Å². The number of benzene rings is 2. The predicted molar refractivity (Wildman–Crippen MR) is 127 cm³/mol. The minimum Gasteiger partial charge on any atom is -0.489 e. The molecule has 1 aliphatic heterocycles. The highest BCUT2D eigenvalue weighted by Gasteiger charge is 2.30. The molecule has 0 aliphatic carbocycles. The van der Waals surface area contributed by atoms with E-state index >= 15 is 0 Å². The number of ether oxygens (including phenoxy) is 1. The van der Waals surface area contributed by atoms with Crippen LogP contribution in [0.15, 0.2) is 76.6 Å². The second-order valence-corrected chi connectivity index (χ2v) is 8.44. The zero-order valence-corrected chi connectivity index (χ0v) is 18.7. The van der Waals surface area contributed by atoms with Crippen molar-refractivity contribution < 1.29 is 9.53 Å². The second kappa shape index (κ2) is 9.37. The Morgan fingerprint density at radius 3 is 2.55 bits per heavy atom. The van der Waals surface area contributed by atoms with Crippen molar-refractivity contribution in [3.8, 4) is 5.75 Å². The van der Waals surface area contributed by atoms with Crippen LogP contribution >= 0.6 is 23.4 Å². The number of carbonyl (C=O) groups excluding carboxylic acids is 1. The molecule has 2 heterocycles. The van der Waals surface area contributed by atoms with Gasteiger partial charge in [0.1, 0.15) is 12.4 Å². The molecule has 7 heteroatoms. The summed E-state index contributed by atoms with van der Waals surface area (Å²) in [6, 6.07) is 20.8. The number of nitrogens with zero attached hydrogens (tertiary/aromatic N) is 3. The first-order chi connectivity index (χ1) is 15.0. The van der Waals surface area contributed by atoms with Gasteiger partial charge in [-0.25, -0.2) is 9.98 Å². The summed E-state index contributed by atoms with van der Waals surface area (Å²) < 4.78 is 5.82. The summed E-state index contributed by atoms with van der Waals surface area (Å²) in [6.45, 7) is 2.37. The van der Waals surface area contributed by atoms with Gasteiger partial charge in [-0.2, -0.15) is 0 Å². The van der Waals surface area contributed by atoms with Gasteiger partial charge in [-0.1, -0.05) is 41.9 Å². The van der Waals surface area contributed by atoms with Crippen molar-refractivity contribution >= 4 is 46.3 Å². The normalized spacial score (nSPS) is 16.4. The van der Waals surface area contributed by atoms with Gasteiger partial charge in [-0.05, 0) is 72.3 Å². The van der Waals surface area contributed by atoms with Crippen LogP contribution in [0.1, 0.15) is 16.8 Å². The molecule has 4 rings (SSSR count). The Labute approximate surface area is 190 Å². The smallest absolute Gasteiger partial charge is 0.266 e. The molecule has 31 heavy (non-hydrogen) atoms. The van der Waals surface area contributed by atoms with E-state index in [9.17, 15) is 4.79 Å². The number of aliphatic imine (C=N–C) groups is 1. The second-order valence-electron chi connectivity index (χ2n) is 6.99. The van der Waals surface area contributed by atoms with Crippen molar-refractivity contribution in [3.63, 3.8) is 0 Å². The Bertz CT molecular complexity index is 1160. The van der Waals surface area contributed by atoms with E-state index in [1.165, 1.54) is 11.8 Å². The molecule has 1 saturated heterocycles. The summed E-state index contributed by atoms with van der Waals surface area (Å²) >= 11 is 7.25. The molecule has 5 nitrogen and oxygen atoms in total. The highest BCUT2D eigenvalue weighted by Crippen LogP contribution is 2.33. The molecule has 1 aromatic heterocycles. The number of aryl methyl sites for hydroxylation is 1. The number of pyridine rings is 1. The van der Waals surface area contributed by atoms with Crippen molar-refractivity contribution in [2.24, 2.45) is 4.99 Å². The molecule has 0 unspecified atom stereocenters. The number of aromatic nitrogens is 1. The molecule has 1 amide bonds. The van der Waals surface area contributed by atoms with E-state index in [1.807, 2.05) is 79.7 Å². The number of hydrogen-bond acceptors (Lipinski definition) is 5. The van der Waals surface area contributed by atoms with E-state index < -0.39 is 0 Å². The fourth-order valence-electron chi connectivity index (χ4n) is 2.90. The molecular formula is C24H20ClN3O2S. The zero-order chi connectivity index (χ0) is 21.8. The first kappa shape index (κ1) is 21.2. The van der Waals surface area contributed by atoms with Crippen LogP contribution in [0.5, 0.6) is 5.75 Å². The zero-order valence-electron chi connectivity index (χ0n) is 17.1. The van der Waals surface area contributed by atoms with Gasteiger partial charge in [-0.15, -0.1) is 0 Å². The van der Waals surface area contributed by atoms with Crippen molar-refractivity contribution in [3.05, 3.63) is 93.5 Å². The average molecular weight is 450 g/mol. The van der Waals surface area contributed by atoms with Gasteiger partial charge < -0.3 is 4.74 Å². The van der Waals surface area contributed by atoms with Gasteiger partial charge in [0.2, 0.25) is 0 Å². The molecule has 0 atom stereocenters. The van der Waals surface area contributed by atoms with Gasteiger partial charge >= 0.3 is 0 Å². The Hall–Kier alpha value is -3.09. The molecular weight excluding hydrogens is 430 g/mol. The summed E-state index contributed by atoms with van der Waals surface area (Å²) in [6.07, 6.45) is 1.86. The molecule has 1 fully saturated rings. The van der Waals surface area contributed by atoms with Crippen LogP contribution < -0.4 is 4.74 Å². The quantitative estimate of drug-likeness (QED) is 0.458. The SMILES string of the molecule is Cc1cccc(/N=C2/S/C(=C\c3ccc(OCc4ccc(Cl)cc4)cc3)C(=O)N2C)n1. The fourth-order valence-corrected chi connectivity index (χ4v) is 4.00. The van der Waals surface area contributed by atoms with Gasteiger partial charge in [0.05, 0.1) is 4.91 Å². The Balaban J connectivity index is 1.44. The van der Waals surface area contributed by atoms with E-state index in [4.69, 9.17) is 16.3 Å². The van der Waals surface area contributed by atoms with Gasteiger partial charge in [0, 0.05) is 17.8 Å². The number of amidine groups is 1. The minimum absolute atomic E-state index is 0.0838. The molecule has 3 aromatic rings. The number of carbonyl (C=O) groups is 1. The number of rotatable bonds is 5. The van der Waals surface area contributed by atoms with Crippen LogP contribution in [-0.4, -0.2) is 28.0 Å². The van der Waals surface area contributed by atoms with Crippen molar-refractivity contribution in [1.82, 2.24) is 9.88 Å². The van der Waals surface area contributed by atoms with Crippen molar-refractivity contribution in [2.45, 2.75) is 13.5 Å². The third-order valence-corrected chi connectivity index (χ3v) is 5.90. The van der Waals surface area contributed by atoms with Crippen LogP contribution in [-0.2, 0) is 11.4 Å². The maximum atomic E-state index is 12.6. The predicted octanol–water partition coefficient (Wildman–Crippen LogP) is 5.86. The number of amides is 1. The Kier molecular flexibility index (Phi) is 6.39. The van der Waals surface area contributed by atoms with Crippen LogP contribution in [0.25, 0.3) is 6.08 Å². The topological polar surface area (TPSA) is 54.8 Å². The summed E-state index contributed by atoms with van der Waals surface area (Å²) in [5, 5.41) is 1.31. The lowest BCUT2D eigenvalue weighted by molar-refractivity contribution is -0.121. The van der Waals surface area contributed by atoms with Gasteiger partial charge in [0.25, 0.3) is 5.91 Å². The lowest BCUT2D eigenvalue weighted by atomic mass is 10.2. The summed E-state index contributed by atoms with van der Waals surface area (Å²) in [4.78, 5) is 23.7. The molecule has 0 N–H and O–H groups in total. The monoisotopic (exact) mass is 449 g/mol. The first-order valence-corrected chi connectivity index (χ1v) is 10.8. The van der Waals surface area contributed by atoms with Gasteiger partial charge in [0.15, 0.2) is 11.0 Å². The average Bonchev–Trinajstić information content (AvgIpc) is 3.02. The van der Waals surface area contributed by atoms with Crippen molar-refractivity contribution in [2.75, 3.05) is 7.05 Å². The number of hydrogen-bond donors (Lipinski definition) is 0.